The SMILES string of the molecule is [CH2]c1cc(OC)cc(-n2nc3ccc(Cl)cc3n2)c1O. The van der Waals surface area contributed by atoms with E-state index in [4.69, 9.17) is 16.3 Å². The van der Waals surface area contributed by atoms with Crippen LogP contribution in [0.25, 0.3) is 16.7 Å². The van der Waals surface area contributed by atoms with Gasteiger partial charge in [0.2, 0.25) is 0 Å². The van der Waals surface area contributed by atoms with Gasteiger partial charge in [0.15, 0.2) is 0 Å². The lowest BCUT2D eigenvalue weighted by atomic mass is 10.2. The van der Waals surface area contributed by atoms with Crippen molar-refractivity contribution < 1.29 is 9.84 Å². The minimum absolute atomic E-state index is 0.0113. The molecule has 5 nitrogen and oxygen atoms in total. The molecule has 2 aromatic carbocycles. The summed E-state index contributed by atoms with van der Waals surface area (Å²) in [5.41, 5.74) is 2.17. The third kappa shape index (κ3) is 2.06. The molecule has 1 N–H and O–H groups in total. The number of phenolic OH excluding ortho intramolecular Hbond substituents is 1. The number of hydrogen-bond donors (Lipinski definition) is 1. The van der Waals surface area contributed by atoms with E-state index in [1.807, 2.05) is 0 Å². The normalized spacial score (nSPS) is 10.9. The van der Waals surface area contributed by atoms with Crippen LogP contribution in [0.4, 0.5) is 0 Å². The van der Waals surface area contributed by atoms with Gasteiger partial charge in [0, 0.05) is 16.7 Å². The van der Waals surface area contributed by atoms with E-state index in [2.05, 4.69) is 17.1 Å². The number of nitrogens with zero attached hydrogens (tertiary/aromatic N) is 3. The molecular formula is C14H11ClN3O2. The molecule has 0 saturated heterocycles. The van der Waals surface area contributed by atoms with Crippen LogP contribution in [0.15, 0.2) is 30.3 Å². The maximum atomic E-state index is 10.1. The number of benzene rings is 2. The van der Waals surface area contributed by atoms with E-state index >= 15 is 0 Å². The van der Waals surface area contributed by atoms with Gasteiger partial charge in [-0.15, -0.1) is 15.0 Å². The van der Waals surface area contributed by atoms with Crippen molar-refractivity contribution in [3.63, 3.8) is 0 Å². The van der Waals surface area contributed by atoms with Gasteiger partial charge < -0.3 is 9.84 Å². The molecule has 0 atom stereocenters. The Morgan fingerprint density at radius 3 is 2.70 bits per heavy atom. The van der Waals surface area contributed by atoms with Crippen LogP contribution in [0.3, 0.4) is 0 Å². The summed E-state index contributed by atoms with van der Waals surface area (Å²) >= 11 is 5.92. The predicted octanol–water partition coefficient (Wildman–Crippen LogP) is 2.97. The molecule has 101 valence electrons. The number of aromatic hydroxyl groups is 1. The van der Waals surface area contributed by atoms with E-state index in [0.29, 0.717) is 33.1 Å². The number of ether oxygens (including phenoxy) is 1. The number of methoxy groups -OCH3 is 1. The Kier molecular flexibility index (Phi) is 2.99. The second-order valence-corrected chi connectivity index (χ2v) is 4.71. The largest absolute Gasteiger partial charge is 0.505 e. The molecule has 1 aromatic heterocycles. The number of aromatic nitrogens is 3. The summed E-state index contributed by atoms with van der Waals surface area (Å²) < 4.78 is 5.16. The Bertz CT molecular complexity index is 798. The van der Waals surface area contributed by atoms with Gasteiger partial charge in [0.1, 0.15) is 28.2 Å². The summed E-state index contributed by atoms with van der Waals surface area (Å²) in [5.74, 6) is 0.583. The van der Waals surface area contributed by atoms with Gasteiger partial charge in [0.25, 0.3) is 0 Å². The number of rotatable bonds is 2. The number of phenols is 1. The highest BCUT2D eigenvalue weighted by Gasteiger charge is 2.13. The molecule has 6 heteroatoms. The fourth-order valence-electron chi connectivity index (χ4n) is 1.92. The van der Waals surface area contributed by atoms with Gasteiger partial charge in [-0.05, 0) is 31.2 Å². The second kappa shape index (κ2) is 4.68. The summed E-state index contributed by atoms with van der Waals surface area (Å²) in [6.07, 6.45) is 0. The van der Waals surface area contributed by atoms with Gasteiger partial charge >= 0.3 is 0 Å². The van der Waals surface area contributed by atoms with Crippen LogP contribution in [0.1, 0.15) is 5.56 Å². The molecule has 0 bridgehead atoms. The van der Waals surface area contributed by atoms with E-state index in [1.165, 1.54) is 4.80 Å². The molecule has 0 spiro atoms. The molecule has 3 aromatic rings. The molecule has 0 aliphatic heterocycles. The van der Waals surface area contributed by atoms with Crippen molar-refractivity contribution in [2.24, 2.45) is 0 Å². The van der Waals surface area contributed by atoms with Gasteiger partial charge in [-0.1, -0.05) is 11.6 Å². The molecular weight excluding hydrogens is 278 g/mol. The Morgan fingerprint density at radius 2 is 1.95 bits per heavy atom. The zero-order chi connectivity index (χ0) is 14.3. The molecule has 0 fully saturated rings. The average molecular weight is 289 g/mol. The highest BCUT2D eigenvalue weighted by atomic mass is 35.5. The Balaban J connectivity index is 2.22. The fourth-order valence-corrected chi connectivity index (χ4v) is 2.08. The van der Waals surface area contributed by atoms with E-state index in [9.17, 15) is 5.11 Å². The lowest BCUT2D eigenvalue weighted by Crippen LogP contribution is -2.00. The van der Waals surface area contributed by atoms with Crippen molar-refractivity contribution in [2.45, 2.75) is 0 Å². The zero-order valence-electron chi connectivity index (χ0n) is 10.7. The lowest BCUT2D eigenvalue weighted by molar-refractivity contribution is 0.410. The van der Waals surface area contributed by atoms with Crippen molar-refractivity contribution in [3.05, 3.63) is 47.8 Å². The highest BCUT2D eigenvalue weighted by molar-refractivity contribution is 6.31. The third-order valence-corrected chi connectivity index (χ3v) is 3.17. The van der Waals surface area contributed by atoms with Crippen molar-refractivity contribution in [1.82, 2.24) is 15.0 Å². The molecule has 0 saturated carbocycles. The Morgan fingerprint density at radius 1 is 1.20 bits per heavy atom. The monoisotopic (exact) mass is 288 g/mol. The molecule has 1 heterocycles. The smallest absolute Gasteiger partial charge is 0.146 e. The number of halogens is 1. The van der Waals surface area contributed by atoms with Crippen molar-refractivity contribution in [2.75, 3.05) is 7.11 Å². The molecule has 20 heavy (non-hydrogen) atoms. The van der Waals surface area contributed by atoms with E-state index in [-0.39, 0.29) is 5.75 Å². The third-order valence-electron chi connectivity index (χ3n) is 2.94. The summed E-state index contributed by atoms with van der Waals surface area (Å²) in [6.45, 7) is 3.76. The molecule has 0 unspecified atom stereocenters. The maximum absolute atomic E-state index is 10.1. The molecule has 0 aliphatic carbocycles. The zero-order valence-corrected chi connectivity index (χ0v) is 11.4. The standard InChI is InChI=1S/C14H11ClN3O2/c1-8-5-10(20-2)7-13(14(8)19)18-16-11-4-3-9(15)6-12(11)17-18/h3-7,19H,1H2,2H3. The van der Waals surface area contributed by atoms with Crippen LogP contribution in [-0.2, 0) is 0 Å². The summed E-state index contributed by atoms with van der Waals surface area (Å²) in [6, 6.07) is 8.50. The predicted molar refractivity (Wildman–Crippen MR) is 76.6 cm³/mol. The number of fused-ring (bicyclic) bond motifs is 1. The van der Waals surface area contributed by atoms with Crippen molar-refractivity contribution in [3.8, 4) is 17.2 Å². The van der Waals surface area contributed by atoms with E-state index in [1.54, 1.807) is 37.4 Å². The summed E-state index contributed by atoms with van der Waals surface area (Å²) in [5, 5.41) is 19.3. The van der Waals surface area contributed by atoms with Gasteiger partial charge in [-0.2, -0.15) is 0 Å². The number of hydrogen-bond acceptors (Lipinski definition) is 4. The van der Waals surface area contributed by atoms with Gasteiger partial charge in [0.05, 0.1) is 7.11 Å². The topological polar surface area (TPSA) is 60.2 Å². The minimum Gasteiger partial charge on any atom is -0.505 e. The quantitative estimate of drug-likeness (QED) is 0.787. The molecule has 0 aliphatic rings. The van der Waals surface area contributed by atoms with E-state index < -0.39 is 0 Å². The van der Waals surface area contributed by atoms with Gasteiger partial charge in [-0.3, -0.25) is 0 Å². The van der Waals surface area contributed by atoms with Crippen LogP contribution in [0, 0.1) is 6.92 Å². The fraction of sp³-hybridized carbons (Fsp3) is 0.0714. The maximum Gasteiger partial charge on any atom is 0.146 e. The van der Waals surface area contributed by atoms with Crippen LogP contribution in [0.2, 0.25) is 5.02 Å². The lowest BCUT2D eigenvalue weighted by Gasteiger charge is -2.08. The van der Waals surface area contributed by atoms with E-state index in [0.717, 1.165) is 0 Å². The Labute approximate surface area is 120 Å². The summed E-state index contributed by atoms with van der Waals surface area (Å²) in [4.78, 5) is 1.34. The van der Waals surface area contributed by atoms with Crippen molar-refractivity contribution >= 4 is 22.6 Å². The van der Waals surface area contributed by atoms with Crippen LogP contribution in [-0.4, -0.2) is 27.2 Å². The minimum atomic E-state index is 0.0113. The molecule has 3 rings (SSSR count). The molecule has 1 radical (unpaired) electrons. The first-order valence-corrected chi connectivity index (χ1v) is 6.22. The first-order chi connectivity index (χ1) is 9.58. The van der Waals surface area contributed by atoms with Crippen LogP contribution < -0.4 is 4.74 Å². The van der Waals surface area contributed by atoms with Gasteiger partial charge in [-0.25, -0.2) is 0 Å². The van der Waals surface area contributed by atoms with Crippen LogP contribution >= 0.6 is 11.6 Å². The highest BCUT2D eigenvalue weighted by Crippen LogP contribution is 2.30. The molecule has 0 amide bonds. The van der Waals surface area contributed by atoms with Crippen molar-refractivity contribution in [1.29, 1.82) is 0 Å². The summed E-state index contributed by atoms with van der Waals surface area (Å²) in [7, 11) is 1.54. The first-order valence-electron chi connectivity index (χ1n) is 5.84. The van der Waals surface area contributed by atoms with Crippen LogP contribution in [0.5, 0.6) is 11.5 Å². The Hall–Kier alpha value is -2.27. The second-order valence-electron chi connectivity index (χ2n) is 4.28. The average Bonchev–Trinajstić information content (AvgIpc) is 2.84. The first kappa shape index (κ1) is 12.7.